The van der Waals surface area contributed by atoms with Crippen LogP contribution in [0.4, 0.5) is 0 Å². The van der Waals surface area contributed by atoms with Gasteiger partial charge in [0.25, 0.3) is 0 Å². The molecule has 13 heavy (non-hydrogen) atoms. The number of aliphatic hydroxyl groups is 1. The van der Waals surface area contributed by atoms with E-state index in [1.807, 2.05) is 20.8 Å². The second kappa shape index (κ2) is 3.50. The Morgan fingerprint density at radius 1 is 1.69 bits per heavy atom. The molecule has 0 bridgehead atoms. The minimum absolute atomic E-state index is 0.0207. The fraction of sp³-hybridized carbons (Fsp3) is 0.700. The summed E-state index contributed by atoms with van der Waals surface area (Å²) in [6.45, 7) is 10.0. The second-order valence-electron chi connectivity index (χ2n) is 4.09. The molecule has 0 aromatic carbocycles. The molecule has 0 spiro atoms. The van der Waals surface area contributed by atoms with Gasteiger partial charge in [0.1, 0.15) is 12.7 Å². The van der Waals surface area contributed by atoms with Crippen molar-refractivity contribution in [2.75, 3.05) is 6.61 Å². The minimum Gasteiger partial charge on any atom is -0.477 e. The van der Waals surface area contributed by atoms with Crippen molar-refractivity contribution < 1.29 is 9.84 Å². The van der Waals surface area contributed by atoms with Crippen LogP contribution in [0.15, 0.2) is 17.6 Å². The molecule has 0 saturated heterocycles. The zero-order valence-corrected chi connectivity index (χ0v) is 8.45. The van der Waals surface area contributed by atoms with Crippen LogP contribution in [0.5, 0.6) is 0 Å². The Kier molecular flexibility index (Phi) is 2.76. The molecule has 0 fully saturated rings. The number of nitrogens with zero attached hydrogens (tertiary/aromatic N) is 1. The molecule has 3 nitrogen and oxygen atoms in total. The molecule has 0 radical (unpaired) electrons. The molecule has 0 amide bonds. The van der Waals surface area contributed by atoms with Crippen LogP contribution in [0.2, 0.25) is 0 Å². The lowest BCUT2D eigenvalue weighted by Gasteiger charge is -2.13. The van der Waals surface area contributed by atoms with Crippen LogP contribution in [-0.4, -0.2) is 29.3 Å². The monoisotopic (exact) mass is 183 g/mol. The van der Waals surface area contributed by atoms with Crippen molar-refractivity contribution in [1.29, 1.82) is 0 Å². The standard InChI is InChI=1S/C10H17NO2/c1-5-7(2)8(12)9-11-10(3,4)6-13-9/h5,7-8,12H,1,6H2,2-4H3/t7-,8-/m1/s1. The van der Waals surface area contributed by atoms with Crippen molar-refractivity contribution in [2.24, 2.45) is 10.9 Å². The van der Waals surface area contributed by atoms with Gasteiger partial charge in [-0.3, -0.25) is 0 Å². The number of aliphatic hydroxyl groups excluding tert-OH is 1. The van der Waals surface area contributed by atoms with Gasteiger partial charge in [-0.2, -0.15) is 0 Å². The summed E-state index contributed by atoms with van der Waals surface area (Å²) in [5.41, 5.74) is -0.197. The van der Waals surface area contributed by atoms with Gasteiger partial charge in [-0.25, -0.2) is 4.99 Å². The summed E-state index contributed by atoms with van der Waals surface area (Å²) >= 11 is 0. The first kappa shape index (κ1) is 10.3. The predicted octanol–water partition coefficient (Wildman–Crippen LogP) is 1.38. The average Bonchev–Trinajstić information content (AvgIpc) is 2.43. The SMILES string of the molecule is C=C[C@@H](C)[C@@H](O)C1=NC(C)(C)CO1. The third-order valence-corrected chi connectivity index (χ3v) is 2.11. The van der Waals surface area contributed by atoms with Crippen molar-refractivity contribution >= 4 is 5.90 Å². The molecule has 1 N–H and O–H groups in total. The Morgan fingerprint density at radius 3 is 2.69 bits per heavy atom. The Morgan fingerprint density at radius 2 is 2.31 bits per heavy atom. The van der Waals surface area contributed by atoms with Gasteiger partial charge >= 0.3 is 0 Å². The number of hydrogen-bond acceptors (Lipinski definition) is 3. The van der Waals surface area contributed by atoms with Crippen molar-refractivity contribution in [3.05, 3.63) is 12.7 Å². The van der Waals surface area contributed by atoms with Crippen LogP contribution >= 0.6 is 0 Å². The third-order valence-electron chi connectivity index (χ3n) is 2.11. The second-order valence-corrected chi connectivity index (χ2v) is 4.09. The summed E-state index contributed by atoms with van der Waals surface area (Å²) in [5.74, 6) is 0.421. The summed E-state index contributed by atoms with van der Waals surface area (Å²) < 4.78 is 5.31. The molecule has 0 aromatic heterocycles. The van der Waals surface area contributed by atoms with Gasteiger partial charge in [0.05, 0.1) is 5.54 Å². The summed E-state index contributed by atoms with van der Waals surface area (Å²) in [5, 5.41) is 9.72. The van der Waals surface area contributed by atoms with E-state index in [0.717, 1.165) is 0 Å². The zero-order valence-electron chi connectivity index (χ0n) is 8.45. The van der Waals surface area contributed by atoms with Gasteiger partial charge in [-0.15, -0.1) is 6.58 Å². The quantitative estimate of drug-likeness (QED) is 0.671. The van der Waals surface area contributed by atoms with Gasteiger partial charge in [0, 0.05) is 5.92 Å². The molecule has 2 atom stereocenters. The minimum atomic E-state index is -0.653. The lowest BCUT2D eigenvalue weighted by atomic mass is 10.1. The van der Waals surface area contributed by atoms with Gasteiger partial charge in [0.2, 0.25) is 5.90 Å². The maximum Gasteiger partial charge on any atom is 0.214 e. The lowest BCUT2D eigenvalue weighted by molar-refractivity contribution is 0.163. The molecule has 3 heteroatoms. The van der Waals surface area contributed by atoms with E-state index in [2.05, 4.69) is 11.6 Å². The van der Waals surface area contributed by atoms with Crippen LogP contribution in [-0.2, 0) is 4.74 Å². The van der Waals surface area contributed by atoms with E-state index in [1.165, 1.54) is 0 Å². The first-order chi connectivity index (χ1) is 5.96. The first-order valence-corrected chi connectivity index (χ1v) is 4.49. The molecular formula is C10H17NO2. The average molecular weight is 183 g/mol. The highest BCUT2D eigenvalue weighted by Crippen LogP contribution is 2.20. The highest BCUT2D eigenvalue weighted by Gasteiger charge is 2.31. The molecular weight excluding hydrogens is 166 g/mol. The fourth-order valence-electron chi connectivity index (χ4n) is 1.12. The van der Waals surface area contributed by atoms with Crippen molar-refractivity contribution in [1.82, 2.24) is 0 Å². The molecule has 0 saturated carbocycles. The summed E-state index contributed by atoms with van der Waals surface area (Å²) in [7, 11) is 0. The normalized spacial score (nSPS) is 24.5. The summed E-state index contributed by atoms with van der Waals surface area (Å²) in [6, 6.07) is 0. The Labute approximate surface area is 79.1 Å². The van der Waals surface area contributed by atoms with E-state index < -0.39 is 6.10 Å². The van der Waals surface area contributed by atoms with Gasteiger partial charge in [-0.1, -0.05) is 13.0 Å². The lowest BCUT2D eigenvalue weighted by Crippen LogP contribution is -2.26. The van der Waals surface area contributed by atoms with Crippen LogP contribution < -0.4 is 0 Å². The fourth-order valence-corrected chi connectivity index (χ4v) is 1.12. The number of hydrogen-bond donors (Lipinski definition) is 1. The maximum absolute atomic E-state index is 9.72. The molecule has 1 rings (SSSR count). The topological polar surface area (TPSA) is 41.8 Å². The molecule has 0 aromatic rings. The van der Waals surface area contributed by atoms with Crippen LogP contribution in [0.1, 0.15) is 20.8 Å². The predicted molar refractivity (Wildman–Crippen MR) is 52.8 cm³/mol. The van der Waals surface area contributed by atoms with E-state index in [4.69, 9.17) is 4.74 Å². The highest BCUT2D eigenvalue weighted by molar-refractivity contribution is 5.83. The summed E-state index contributed by atoms with van der Waals surface area (Å²) in [4.78, 5) is 4.29. The van der Waals surface area contributed by atoms with Crippen molar-refractivity contribution in [2.45, 2.75) is 32.4 Å². The van der Waals surface area contributed by atoms with Crippen LogP contribution in [0.25, 0.3) is 0 Å². The summed E-state index contributed by atoms with van der Waals surface area (Å²) in [6.07, 6.45) is 1.04. The van der Waals surface area contributed by atoms with E-state index in [9.17, 15) is 5.11 Å². The molecule has 1 aliphatic heterocycles. The van der Waals surface area contributed by atoms with E-state index in [0.29, 0.717) is 12.5 Å². The zero-order chi connectivity index (χ0) is 10.1. The van der Waals surface area contributed by atoms with Gasteiger partial charge < -0.3 is 9.84 Å². The van der Waals surface area contributed by atoms with Crippen molar-refractivity contribution in [3.63, 3.8) is 0 Å². The highest BCUT2D eigenvalue weighted by atomic mass is 16.5. The Balaban J connectivity index is 2.69. The van der Waals surface area contributed by atoms with Gasteiger partial charge in [-0.05, 0) is 13.8 Å². The van der Waals surface area contributed by atoms with E-state index in [-0.39, 0.29) is 11.5 Å². The Hall–Kier alpha value is -0.830. The smallest absolute Gasteiger partial charge is 0.214 e. The molecule has 74 valence electrons. The largest absolute Gasteiger partial charge is 0.477 e. The molecule has 0 unspecified atom stereocenters. The maximum atomic E-state index is 9.72. The van der Waals surface area contributed by atoms with E-state index in [1.54, 1.807) is 6.08 Å². The van der Waals surface area contributed by atoms with Gasteiger partial charge in [0.15, 0.2) is 0 Å². The number of rotatable bonds is 3. The number of aliphatic imine (C=N–C) groups is 1. The van der Waals surface area contributed by atoms with Crippen LogP contribution in [0, 0.1) is 5.92 Å². The molecule has 0 aliphatic carbocycles. The third kappa shape index (κ3) is 2.31. The molecule has 1 aliphatic rings. The Bertz CT molecular complexity index is 233. The van der Waals surface area contributed by atoms with Crippen LogP contribution in [0.3, 0.4) is 0 Å². The van der Waals surface area contributed by atoms with E-state index >= 15 is 0 Å². The number of ether oxygens (including phenoxy) is 1. The first-order valence-electron chi connectivity index (χ1n) is 4.49. The molecule has 1 heterocycles. The van der Waals surface area contributed by atoms with Crippen molar-refractivity contribution in [3.8, 4) is 0 Å².